The van der Waals surface area contributed by atoms with Crippen molar-refractivity contribution in [2.75, 3.05) is 6.54 Å². The van der Waals surface area contributed by atoms with E-state index in [2.05, 4.69) is 0 Å². The molecule has 0 radical (unpaired) electrons. The molecule has 1 heterocycles. The number of rotatable bonds is 3. The lowest BCUT2D eigenvalue weighted by atomic mass is 10.1. The van der Waals surface area contributed by atoms with E-state index in [-0.39, 0.29) is 4.21 Å². The van der Waals surface area contributed by atoms with Crippen LogP contribution >= 0.6 is 11.3 Å². The van der Waals surface area contributed by atoms with E-state index in [4.69, 9.17) is 10.9 Å². The summed E-state index contributed by atoms with van der Waals surface area (Å²) < 4.78 is 23.5. The third-order valence-electron chi connectivity index (χ3n) is 2.27. The van der Waals surface area contributed by atoms with E-state index >= 15 is 0 Å². The van der Waals surface area contributed by atoms with E-state index in [9.17, 15) is 8.42 Å². The zero-order valence-electron chi connectivity index (χ0n) is 8.51. The molecule has 1 aromatic carbocycles. The molecule has 2 rings (SSSR count). The van der Waals surface area contributed by atoms with Gasteiger partial charge in [0.05, 0.1) is 0 Å². The first-order valence-electron chi connectivity index (χ1n) is 4.76. The zero-order valence-corrected chi connectivity index (χ0v) is 10.1. The van der Waals surface area contributed by atoms with Gasteiger partial charge in [0, 0.05) is 4.70 Å². The van der Waals surface area contributed by atoms with Gasteiger partial charge in [-0.15, -0.1) is 11.3 Å². The number of benzene rings is 1. The van der Waals surface area contributed by atoms with Crippen molar-refractivity contribution in [3.63, 3.8) is 0 Å². The predicted octanol–water partition coefficient (Wildman–Crippen LogP) is 1.05. The van der Waals surface area contributed by atoms with Crippen LogP contribution in [0.1, 0.15) is 5.56 Å². The molecule has 4 nitrogen and oxygen atoms in total. The molecule has 1 aromatic heterocycles. The van der Waals surface area contributed by atoms with Crippen LogP contribution in [-0.2, 0) is 16.4 Å². The molecule has 86 valence electrons. The molecule has 4 N–H and O–H groups in total. The first kappa shape index (κ1) is 11.5. The topological polar surface area (TPSA) is 86.2 Å². The highest BCUT2D eigenvalue weighted by molar-refractivity contribution is 7.91. The van der Waals surface area contributed by atoms with Gasteiger partial charge in [-0.1, -0.05) is 12.1 Å². The van der Waals surface area contributed by atoms with Crippen LogP contribution in [0, 0.1) is 0 Å². The Hall–Kier alpha value is -0.950. The van der Waals surface area contributed by atoms with Crippen LogP contribution in [-0.4, -0.2) is 15.0 Å². The quantitative estimate of drug-likeness (QED) is 0.860. The number of nitrogens with two attached hydrogens (primary N) is 2. The van der Waals surface area contributed by atoms with Gasteiger partial charge in [0.25, 0.3) is 0 Å². The summed E-state index contributed by atoms with van der Waals surface area (Å²) in [7, 11) is -3.60. The van der Waals surface area contributed by atoms with E-state index in [0.29, 0.717) is 6.54 Å². The molecule has 0 amide bonds. The van der Waals surface area contributed by atoms with Crippen LogP contribution in [0.5, 0.6) is 0 Å². The number of hydrogen-bond acceptors (Lipinski definition) is 4. The Morgan fingerprint density at radius 2 is 2.00 bits per heavy atom. The Bertz CT molecular complexity index is 617. The van der Waals surface area contributed by atoms with Crippen molar-refractivity contribution in [1.29, 1.82) is 0 Å². The first-order chi connectivity index (χ1) is 7.50. The second-order valence-corrected chi connectivity index (χ2v) is 6.39. The van der Waals surface area contributed by atoms with Crippen molar-refractivity contribution in [3.8, 4) is 0 Å². The van der Waals surface area contributed by atoms with Crippen molar-refractivity contribution in [1.82, 2.24) is 0 Å². The minimum absolute atomic E-state index is 0.201. The van der Waals surface area contributed by atoms with Gasteiger partial charge in [-0.25, -0.2) is 13.6 Å². The Labute approximate surface area is 97.9 Å². The summed E-state index contributed by atoms with van der Waals surface area (Å²) in [6.07, 6.45) is 0.788. The van der Waals surface area contributed by atoms with Gasteiger partial charge < -0.3 is 5.73 Å². The fourth-order valence-electron chi connectivity index (χ4n) is 1.53. The molecule has 0 atom stereocenters. The van der Waals surface area contributed by atoms with Crippen molar-refractivity contribution in [2.45, 2.75) is 10.6 Å². The standard InChI is InChI=1S/C10H12N2O2S2/c11-4-3-7-1-2-9-8(5-7)6-10(15-9)16(12,13)14/h1-2,5-6H,3-4,11H2,(H2,12,13,14). The SMILES string of the molecule is NCCc1ccc2sc(S(N)(=O)=O)cc2c1. The van der Waals surface area contributed by atoms with Crippen LogP contribution in [0.25, 0.3) is 10.1 Å². The molecule has 0 spiro atoms. The van der Waals surface area contributed by atoms with Gasteiger partial charge in [0.2, 0.25) is 10.0 Å². The monoisotopic (exact) mass is 256 g/mol. The minimum atomic E-state index is -3.60. The summed E-state index contributed by atoms with van der Waals surface area (Å²) in [4.78, 5) is 0. The van der Waals surface area contributed by atoms with Crippen LogP contribution in [0.15, 0.2) is 28.5 Å². The van der Waals surface area contributed by atoms with Gasteiger partial charge >= 0.3 is 0 Å². The highest BCUT2D eigenvalue weighted by Crippen LogP contribution is 2.28. The van der Waals surface area contributed by atoms with Gasteiger partial charge in [0.1, 0.15) is 4.21 Å². The smallest absolute Gasteiger partial charge is 0.247 e. The lowest BCUT2D eigenvalue weighted by molar-refractivity contribution is 0.600. The maximum Gasteiger partial charge on any atom is 0.247 e. The first-order valence-corrected chi connectivity index (χ1v) is 7.12. The number of thiophene rings is 1. The summed E-state index contributed by atoms with van der Waals surface area (Å²) in [5.41, 5.74) is 6.57. The molecule has 6 heteroatoms. The van der Waals surface area contributed by atoms with E-state index < -0.39 is 10.0 Å². The fraction of sp³-hybridized carbons (Fsp3) is 0.200. The zero-order chi connectivity index (χ0) is 11.8. The Morgan fingerprint density at radius 3 is 2.62 bits per heavy atom. The Balaban J connectivity index is 2.54. The normalized spacial score (nSPS) is 12.1. The molecule has 0 aliphatic rings. The number of primary sulfonamides is 1. The van der Waals surface area contributed by atoms with Gasteiger partial charge in [-0.05, 0) is 36.0 Å². The second kappa shape index (κ2) is 4.14. The summed E-state index contributed by atoms with van der Waals surface area (Å²) >= 11 is 1.19. The third-order valence-corrected chi connectivity index (χ3v) is 4.81. The largest absolute Gasteiger partial charge is 0.330 e. The summed E-state index contributed by atoms with van der Waals surface area (Å²) in [5.74, 6) is 0. The number of hydrogen-bond donors (Lipinski definition) is 2. The van der Waals surface area contributed by atoms with Crippen molar-refractivity contribution >= 4 is 31.4 Å². The molecule has 2 aromatic rings. The predicted molar refractivity (Wildman–Crippen MR) is 66.0 cm³/mol. The second-order valence-electron chi connectivity index (χ2n) is 3.52. The van der Waals surface area contributed by atoms with E-state index in [1.165, 1.54) is 11.3 Å². The molecular weight excluding hydrogens is 244 g/mol. The lowest BCUT2D eigenvalue weighted by Crippen LogP contribution is -2.09. The summed E-state index contributed by atoms with van der Waals surface area (Å²) in [6, 6.07) is 7.42. The molecular formula is C10H12N2O2S2. The van der Waals surface area contributed by atoms with Crippen LogP contribution < -0.4 is 10.9 Å². The average molecular weight is 256 g/mol. The van der Waals surface area contributed by atoms with E-state index in [0.717, 1.165) is 22.1 Å². The van der Waals surface area contributed by atoms with Gasteiger partial charge in [-0.3, -0.25) is 0 Å². The summed E-state index contributed by atoms with van der Waals surface area (Å²) in [6.45, 7) is 0.581. The molecule has 0 fully saturated rings. The van der Waals surface area contributed by atoms with Gasteiger partial charge in [0.15, 0.2) is 0 Å². The van der Waals surface area contributed by atoms with Gasteiger partial charge in [-0.2, -0.15) is 0 Å². The molecule has 0 saturated carbocycles. The minimum Gasteiger partial charge on any atom is -0.330 e. The van der Waals surface area contributed by atoms with Crippen LogP contribution in [0.4, 0.5) is 0 Å². The highest BCUT2D eigenvalue weighted by atomic mass is 32.2. The van der Waals surface area contributed by atoms with Crippen LogP contribution in [0.3, 0.4) is 0 Å². The van der Waals surface area contributed by atoms with Crippen molar-refractivity contribution < 1.29 is 8.42 Å². The maximum atomic E-state index is 11.2. The maximum absolute atomic E-state index is 11.2. The van der Waals surface area contributed by atoms with E-state index in [1.54, 1.807) is 6.07 Å². The highest BCUT2D eigenvalue weighted by Gasteiger charge is 2.12. The molecule has 16 heavy (non-hydrogen) atoms. The summed E-state index contributed by atoms with van der Waals surface area (Å²) in [5, 5.41) is 5.98. The number of sulfonamides is 1. The Kier molecular flexibility index (Phi) is 2.98. The Morgan fingerprint density at radius 1 is 1.25 bits per heavy atom. The van der Waals surface area contributed by atoms with Crippen molar-refractivity contribution in [2.24, 2.45) is 10.9 Å². The molecule has 0 aliphatic heterocycles. The lowest BCUT2D eigenvalue weighted by Gasteiger charge is -1.97. The molecule has 0 bridgehead atoms. The van der Waals surface area contributed by atoms with Crippen LogP contribution in [0.2, 0.25) is 0 Å². The van der Waals surface area contributed by atoms with E-state index in [1.807, 2.05) is 18.2 Å². The molecule has 0 saturated heterocycles. The third kappa shape index (κ3) is 2.25. The van der Waals surface area contributed by atoms with Crippen molar-refractivity contribution in [3.05, 3.63) is 29.8 Å². The molecule has 0 aliphatic carbocycles. The number of fused-ring (bicyclic) bond motifs is 1. The fourth-order valence-corrected chi connectivity index (χ4v) is 3.33. The average Bonchev–Trinajstić information content (AvgIpc) is 2.60. The molecule has 0 unspecified atom stereocenters.